The molecule has 0 saturated carbocycles. The van der Waals surface area contributed by atoms with Crippen LogP contribution in [0.25, 0.3) is 0 Å². The molecule has 108 valence electrons. The van der Waals surface area contributed by atoms with Gasteiger partial charge in [-0.2, -0.15) is 0 Å². The van der Waals surface area contributed by atoms with E-state index in [2.05, 4.69) is 23.2 Å². The second-order valence-corrected chi connectivity index (χ2v) is 5.96. The maximum atomic E-state index is 12.0. The molecule has 0 aliphatic carbocycles. The van der Waals surface area contributed by atoms with Crippen molar-refractivity contribution in [3.8, 4) is 0 Å². The summed E-state index contributed by atoms with van der Waals surface area (Å²) in [5, 5.41) is 3.01. The van der Waals surface area contributed by atoms with E-state index in [1.54, 1.807) is 0 Å². The molecule has 0 spiro atoms. The first-order valence-electron chi connectivity index (χ1n) is 7.44. The van der Waals surface area contributed by atoms with Crippen molar-refractivity contribution in [3.05, 3.63) is 24.3 Å². The normalized spacial score (nSPS) is 29.8. The van der Waals surface area contributed by atoms with Gasteiger partial charge in [-0.25, -0.2) is 0 Å². The lowest BCUT2D eigenvalue weighted by atomic mass is 10.1. The summed E-state index contributed by atoms with van der Waals surface area (Å²) in [5.41, 5.74) is 2.02. The topological polar surface area (TPSA) is 41.6 Å². The van der Waals surface area contributed by atoms with Gasteiger partial charge in [-0.15, -0.1) is 0 Å². The van der Waals surface area contributed by atoms with Gasteiger partial charge in [0.15, 0.2) is 0 Å². The second-order valence-electron chi connectivity index (χ2n) is 5.96. The highest BCUT2D eigenvalue weighted by Crippen LogP contribution is 2.31. The quantitative estimate of drug-likeness (QED) is 0.901. The molecule has 0 radical (unpaired) electrons. The van der Waals surface area contributed by atoms with Gasteiger partial charge in [0, 0.05) is 13.1 Å². The minimum absolute atomic E-state index is 0.0128. The molecule has 0 aromatic heterocycles. The van der Waals surface area contributed by atoms with Gasteiger partial charge in [-0.1, -0.05) is 19.1 Å². The van der Waals surface area contributed by atoms with E-state index < -0.39 is 0 Å². The molecule has 2 heterocycles. The van der Waals surface area contributed by atoms with E-state index >= 15 is 0 Å². The predicted molar refractivity (Wildman–Crippen MR) is 80.0 cm³/mol. The van der Waals surface area contributed by atoms with Gasteiger partial charge in [-0.3, -0.25) is 4.79 Å². The van der Waals surface area contributed by atoms with Crippen LogP contribution >= 0.6 is 0 Å². The highest BCUT2D eigenvalue weighted by Gasteiger charge is 2.29. The van der Waals surface area contributed by atoms with Crippen LogP contribution in [0.1, 0.15) is 26.7 Å². The van der Waals surface area contributed by atoms with Crippen LogP contribution in [0.2, 0.25) is 0 Å². The van der Waals surface area contributed by atoms with Gasteiger partial charge in [-0.05, 0) is 31.9 Å². The molecule has 3 atom stereocenters. The van der Waals surface area contributed by atoms with Gasteiger partial charge in [0.25, 0.3) is 0 Å². The van der Waals surface area contributed by atoms with E-state index in [0.29, 0.717) is 6.10 Å². The molecule has 0 bridgehead atoms. The fraction of sp³-hybridized carbons (Fsp3) is 0.562. The number of rotatable bonds is 2. The minimum atomic E-state index is -0.0128. The summed E-state index contributed by atoms with van der Waals surface area (Å²) < 4.78 is 5.93. The third-order valence-corrected chi connectivity index (χ3v) is 4.19. The van der Waals surface area contributed by atoms with Crippen LogP contribution in [0.4, 0.5) is 11.4 Å². The Bertz CT molecular complexity index is 503. The zero-order chi connectivity index (χ0) is 14.1. The summed E-state index contributed by atoms with van der Waals surface area (Å²) in [6.07, 6.45) is 2.88. The monoisotopic (exact) mass is 274 g/mol. The largest absolute Gasteiger partial charge is 0.373 e. The van der Waals surface area contributed by atoms with Crippen molar-refractivity contribution in [3.63, 3.8) is 0 Å². The lowest BCUT2D eigenvalue weighted by molar-refractivity contribution is -0.119. The van der Waals surface area contributed by atoms with Crippen molar-refractivity contribution in [1.29, 1.82) is 0 Å². The van der Waals surface area contributed by atoms with Gasteiger partial charge in [0.1, 0.15) is 0 Å². The Morgan fingerprint density at radius 1 is 1.30 bits per heavy atom. The van der Waals surface area contributed by atoms with Gasteiger partial charge < -0.3 is 15.0 Å². The van der Waals surface area contributed by atoms with E-state index in [-0.39, 0.29) is 17.9 Å². The van der Waals surface area contributed by atoms with Crippen molar-refractivity contribution < 1.29 is 9.53 Å². The van der Waals surface area contributed by atoms with Crippen molar-refractivity contribution in [2.45, 2.75) is 38.9 Å². The smallest absolute Gasteiger partial charge is 0.229 e. The lowest BCUT2D eigenvalue weighted by Gasteiger charge is -2.28. The molecule has 1 fully saturated rings. The van der Waals surface area contributed by atoms with Crippen molar-refractivity contribution in [2.24, 2.45) is 5.92 Å². The molecule has 1 aromatic carbocycles. The molecule has 2 aliphatic rings. The van der Waals surface area contributed by atoms with Gasteiger partial charge in [0.05, 0.1) is 29.5 Å². The Balaban J connectivity index is 1.83. The Labute approximate surface area is 120 Å². The SMILES string of the molecule is CC1CCC(CN2CC(C)C(=O)Nc3ccccc32)O1. The molecule has 1 N–H and O–H groups in total. The Hall–Kier alpha value is -1.55. The second kappa shape index (κ2) is 5.44. The molecular formula is C16H22N2O2. The fourth-order valence-corrected chi connectivity index (χ4v) is 3.06. The molecule has 3 unspecified atom stereocenters. The van der Waals surface area contributed by atoms with Gasteiger partial charge >= 0.3 is 0 Å². The standard InChI is InChI=1S/C16H22N2O2/c1-11-9-18(10-13-8-7-12(2)20-13)15-6-4-3-5-14(15)17-16(11)19/h3-6,11-13H,7-10H2,1-2H3,(H,17,19). The minimum Gasteiger partial charge on any atom is -0.373 e. The summed E-state index contributed by atoms with van der Waals surface area (Å²) in [6, 6.07) is 8.02. The molecule has 20 heavy (non-hydrogen) atoms. The van der Waals surface area contributed by atoms with Crippen molar-refractivity contribution >= 4 is 17.3 Å². The molecule has 1 saturated heterocycles. The first-order chi connectivity index (χ1) is 9.63. The molecule has 1 aromatic rings. The number of anilines is 2. The van der Waals surface area contributed by atoms with Crippen molar-refractivity contribution in [1.82, 2.24) is 0 Å². The molecule has 3 rings (SSSR count). The number of para-hydroxylation sites is 2. The molecule has 4 nitrogen and oxygen atoms in total. The molecule has 1 amide bonds. The van der Waals surface area contributed by atoms with E-state index in [9.17, 15) is 4.79 Å². The van der Waals surface area contributed by atoms with E-state index in [0.717, 1.165) is 37.3 Å². The molecule has 2 aliphatic heterocycles. The Morgan fingerprint density at radius 3 is 2.85 bits per heavy atom. The number of fused-ring (bicyclic) bond motifs is 1. The van der Waals surface area contributed by atoms with Crippen LogP contribution in [0.5, 0.6) is 0 Å². The maximum Gasteiger partial charge on any atom is 0.229 e. The Kier molecular flexibility index (Phi) is 3.66. The maximum absolute atomic E-state index is 12.0. The molecular weight excluding hydrogens is 252 g/mol. The van der Waals surface area contributed by atoms with Crippen LogP contribution in [0.15, 0.2) is 24.3 Å². The van der Waals surface area contributed by atoms with Crippen LogP contribution in [-0.4, -0.2) is 31.2 Å². The van der Waals surface area contributed by atoms with Crippen LogP contribution < -0.4 is 10.2 Å². The fourth-order valence-electron chi connectivity index (χ4n) is 3.06. The Morgan fingerprint density at radius 2 is 2.10 bits per heavy atom. The summed E-state index contributed by atoms with van der Waals surface area (Å²) in [6.45, 7) is 5.72. The number of hydrogen-bond donors (Lipinski definition) is 1. The number of nitrogens with one attached hydrogen (secondary N) is 1. The van der Waals surface area contributed by atoms with Crippen LogP contribution in [0, 0.1) is 5.92 Å². The number of benzene rings is 1. The molecule has 4 heteroatoms. The predicted octanol–water partition coefficient (Wildman–Crippen LogP) is 2.65. The highest BCUT2D eigenvalue weighted by molar-refractivity contribution is 5.97. The average molecular weight is 274 g/mol. The lowest BCUT2D eigenvalue weighted by Crippen LogP contribution is -2.36. The number of hydrogen-bond acceptors (Lipinski definition) is 3. The number of carbonyl (C=O) groups excluding carboxylic acids is 1. The first-order valence-corrected chi connectivity index (χ1v) is 7.44. The zero-order valence-corrected chi connectivity index (χ0v) is 12.1. The average Bonchev–Trinajstić information content (AvgIpc) is 2.79. The van der Waals surface area contributed by atoms with Crippen molar-refractivity contribution in [2.75, 3.05) is 23.3 Å². The summed E-state index contributed by atoms with van der Waals surface area (Å²) in [5.74, 6) is 0.0851. The zero-order valence-electron chi connectivity index (χ0n) is 12.1. The number of ether oxygens (including phenoxy) is 1. The van der Waals surface area contributed by atoms with E-state index in [1.807, 2.05) is 25.1 Å². The highest BCUT2D eigenvalue weighted by atomic mass is 16.5. The van der Waals surface area contributed by atoms with Crippen LogP contribution in [0.3, 0.4) is 0 Å². The van der Waals surface area contributed by atoms with E-state index in [1.165, 1.54) is 0 Å². The van der Waals surface area contributed by atoms with Gasteiger partial charge in [0.2, 0.25) is 5.91 Å². The third kappa shape index (κ3) is 2.66. The number of amides is 1. The number of carbonyl (C=O) groups is 1. The van der Waals surface area contributed by atoms with E-state index in [4.69, 9.17) is 4.74 Å². The first kappa shape index (κ1) is 13.4. The van der Waals surface area contributed by atoms with Crippen LogP contribution in [-0.2, 0) is 9.53 Å². The third-order valence-electron chi connectivity index (χ3n) is 4.19. The summed E-state index contributed by atoms with van der Waals surface area (Å²) in [4.78, 5) is 14.3. The summed E-state index contributed by atoms with van der Waals surface area (Å²) in [7, 11) is 0. The number of nitrogens with zero attached hydrogens (tertiary/aromatic N) is 1. The summed E-state index contributed by atoms with van der Waals surface area (Å²) >= 11 is 0.